The van der Waals surface area contributed by atoms with Gasteiger partial charge in [-0.1, -0.05) is 55.5 Å². The number of halogens is 1. The molecule has 5 nitrogen and oxygen atoms in total. The third-order valence-corrected chi connectivity index (χ3v) is 4.96. The molecule has 140 valence electrons. The van der Waals surface area contributed by atoms with Gasteiger partial charge in [0, 0.05) is 5.56 Å². The van der Waals surface area contributed by atoms with Crippen molar-refractivity contribution < 1.29 is 13.9 Å². The van der Waals surface area contributed by atoms with Crippen molar-refractivity contribution in [2.24, 2.45) is 0 Å². The predicted octanol–water partition coefficient (Wildman–Crippen LogP) is 4.66. The van der Waals surface area contributed by atoms with Crippen molar-refractivity contribution in [2.45, 2.75) is 26.2 Å². The van der Waals surface area contributed by atoms with E-state index in [0.717, 1.165) is 10.6 Å². The van der Waals surface area contributed by atoms with Gasteiger partial charge in [-0.25, -0.2) is 4.39 Å². The van der Waals surface area contributed by atoms with Crippen LogP contribution in [-0.2, 0) is 11.2 Å². The lowest BCUT2D eigenvalue weighted by molar-refractivity contribution is -0.115. The van der Waals surface area contributed by atoms with Crippen molar-refractivity contribution >= 4 is 22.4 Å². The Morgan fingerprint density at radius 1 is 1.19 bits per heavy atom. The molecule has 1 N–H and O–H groups in total. The average molecular weight is 385 g/mol. The Morgan fingerprint density at radius 2 is 1.93 bits per heavy atom. The minimum atomic E-state index is -0.495. The maximum Gasteiger partial charge on any atom is 0.230 e. The van der Waals surface area contributed by atoms with Gasteiger partial charge in [-0.05, 0) is 29.2 Å². The van der Waals surface area contributed by atoms with Crippen LogP contribution >= 0.6 is 11.3 Å². The van der Waals surface area contributed by atoms with Gasteiger partial charge in [-0.15, -0.1) is 10.2 Å². The van der Waals surface area contributed by atoms with Gasteiger partial charge >= 0.3 is 0 Å². The van der Waals surface area contributed by atoms with Crippen LogP contribution in [0, 0.1) is 5.82 Å². The second-order valence-corrected chi connectivity index (χ2v) is 7.36. The predicted molar refractivity (Wildman–Crippen MR) is 105 cm³/mol. The first-order valence-corrected chi connectivity index (χ1v) is 9.34. The van der Waals surface area contributed by atoms with Crippen LogP contribution in [0.25, 0.3) is 10.6 Å². The molecule has 3 rings (SSSR count). The van der Waals surface area contributed by atoms with Crippen molar-refractivity contribution in [3.63, 3.8) is 0 Å². The highest BCUT2D eigenvalue weighted by molar-refractivity contribution is 7.18. The Bertz CT molecular complexity index is 939. The van der Waals surface area contributed by atoms with E-state index in [1.165, 1.54) is 36.1 Å². The number of nitrogens with one attached hydrogen (secondary N) is 1. The molecule has 0 atom stereocenters. The SMILES string of the molecule is COc1ccc(CC(=O)Nc2nnc(-c3ccc(C(C)C)cc3)s2)cc1F. The number of hydrogen-bond donors (Lipinski definition) is 1. The summed E-state index contributed by atoms with van der Waals surface area (Å²) in [5.74, 6) is -0.161. The zero-order valence-corrected chi connectivity index (χ0v) is 16.1. The van der Waals surface area contributed by atoms with Crippen LogP contribution in [0.4, 0.5) is 9.52 Å². The molecule has 1 aromatic heterocycles. The number of benzene rings is 2. The molecule has 0 bridgehead atoms. The number of carbonyl (C=O) groups excluding carboxylic acids is 1. The lowest BCUT2D eigenvalue weighted by Crippen LogP contribution is -2.14. The smallest absolute Gasteiger partial charge is 0.230 e. The molecule has 0 saturated heterocycles. The van der Waals surface area contributed by atoms with Crippen LogP contribution in [0.3, 0.4) is 0 Å². The first kappa shape index (κ1) is 19.0. The molecule has 0 aliphatic rings. The second kappa shape index (κ2) is 8.26. The van der Waals surface area contributed by atoms with E-state index in [1.807, 2.05) is 12.1 Å². The molecule has 0 unspecified atom stereocenters. The molecule has 0 spiro atoms. The van der Waals surface area contributed by atoms with Gasteiger partial charge in [0.25, 0.3) is 0 Å². The molecule has 0 aliphatic carbocycles. The third-order valence-electron chi connectivity index (χ3n) is 4.08. The maximum absolute atomic E-state index is 13.7. The van der Waals surface area contributed by atoms with Gasteiger partial charge in [-0.3, -0.25) is 4.79 Å². The van der Waals surface area contributed by atoms with Gasteiger partial charge in [-0.2, -0.15) is 0 Å². The van der Waals surface area contributed by atoms with E-state index < -0.39 is 5.82 Å². The fourth-order valence-electron chi connectivity index (χ4n) is 2.57. The fraction of sp³-hybridized carbons (Fsp3) is 0.250. The zero-order chi connectivity index (χ0) is 19.4. The number of ether oxygens (including phenoxy) is 1. The highest BCUT2D eigenvalue weighted by Crippen LogP contribution is 2.28. The van der Waals surface area contributed by atoms with Crippen molar-refractivity contribution in [2.75, 3.05) is 12.4 Å². The standard InChI is InChI=1S/C20H20FN3O2S/c1-12(2)14-5-7-15(8-6-14)19-23-24-20(27-19)22-18(25)11-13-4-9-17(26-3)16(21)10-13/h4-10,12H,11H2,1-3H3,(H,22,24,25). The first-order chi connectivity index (χ1) is 13.0. The highest BCUT2D eigenvalue weighted by Gasteiger charge is 2.12. The Morgan fingerprint density at radius 3 is 2.56 bits per heavy atom. The van der Waals surface area contributed by atoms with Crippen LogP contribution in [0.1, 0.15) is 30.9 Å². The number of anilines is 1. The van der Waals surface area contributed by atoms with Crippen molar-refractivity contribution in [3.8, 4) is 16.3 Å². The molecular weight excluding hydrogens is 365 g/mol. The Balaban J connectivity index is 1.64. The van der Waals surface area contributed by atoms with E-state index in [0.29, 0.717) is 16.6 Å². The quantitative estimate of drug-likeness (QED) is 0.670. The monoisotopic (exact) mass is 385 g/mol. The number of aromatic nitrogens is 2. The number of hydrogen-bond acceptors (Lipinski definition) is 5. The van der Waals surface area contributed by atoms with E-state index in [9.17, 15) is 9.18 Å². The molecule has 3 aromatic rings. The first-order valence-electron chi connectivity index (χ1n) is 8.52. The van der Waals surface area contributed by atoms with E-state index in [-0.39, 0.29) is 18.1 Å². The number of methoxy groups -OCH3 is 1. The van der Waals surface area contributed by atoms with Gasteiger partial charge in [0.15, 0.2) is 11.6 Å². The summed E-state index contributed by atoms with van der Waals surface area (Å²) < 4.78 is 18.6. The average Bonchev–Trinajstić information content (AvgIpc) is 3.10. The molecule has 0 aliphatic heterocycles. The molecule has 27 heavy (non-hydrogen) atoms. The minimum Gasteiger partial charge on any atom is -0.494 e. The molecule has 1 heterocycles. The maximum atomic E-state index is 13.7. The molecule has 0 saturated carbocycles. The lowest BCUT2D eigenvalue weighted by atomic mass is 10.0. The fourth-order valence-corrected chi connectivity index (χ4v) is 3.33. The van der Waals surface area contributed by atoms with Crippen LogP contribution in [0.5, 0.6) is 5.75 Å². The Labute approximate surface area is 161 Å². The van der Waals surface area contributed by atoms with Gasteiger partial charge in [0.05, 0.1) is 13.5 Å². The number of amides is 1. The molecule has 1 amide bonds. The molecule has 0 radical (unpaired) electrons. The van der Waals surface area contributed by atoms with Gasteiger partial charge in [0.1, 0.15) is 5.01 Å². The number of nitrogens with zero attached hydrogens (tertiary/aromatic N) is 2. The normalized spacial score (nSPS) is 10.9. The summed E-state index contributed by atoms with van der Waals surface area (Å²) in [4.78, 5) is 12.2. The topological polar surface area (TPSA) is 64.1 Å². The van der Waals surface area contributed by atoms with Gasteiger partial charge < -0.3 is 10.1 Å². The van der Waals surface area contributed by atoms with Crippen LogP contribution < -0.4 is 10.1 Å². The Hall–Kier alpha value is -2.80. The summed E-state index contributed by atoms with van der Waals surface area (Å²) in [5, 5.41) is 12.0. The largest absolute Gasteiger partial charge is 0.494 e. The minimum absolute atomic E-state index is 0.0406. The highest BCUT2D eigenvalue weighted by atomic mass is 32.1. The van der Waals surface area contributed by atoms with Crippen LogP contribution in [0.15, 0.2) is 42.5 Å². The second-order valence-electron chi connectivity index (χ2n) is 6.38. The molecular formula is C20H20FN3O2S. The molecule has 7 heteroatoms. The number of carbonyl (C=O) groups is 1. The van der Waals surface area contributed by atoms with E-state index in [2.05, 4.69) is 41.5 Å². The van der Waals surface area contributed by atoms with Gasteiger partial charge in [0.2, 0.25) is 11.0 Å². The van der Waals surface area contributed by atoms with E-state index in [1.54, 1.807) is 6.07 Å². The van der Waals surface area contributed by atoms with Crippen molar-refractivity contribution in [3.05, 3.63) is 59.4 Å². The van der Waals surface area contributed by atoms with Crippen LogP contribution in [0.2, 0.25) is 0 Å². The zero-order valence-electron chi connectivity index (χ0n) is 15.3. The summed E-state index contributed by atoms with van der Waals surface area (Å²) in [6.07, 6.45) is 0.0406. The summed E-state index contributed by atoms with van der Waals surface area (Å²) in [6, 6.07) is 12.6. The third kappa shape index (κ3) is 4.68. The van der Waals surface area contributed by atoms with Crippen molar-refractivity contribution in [1.82, 2.24) is 10.2 Å². The van der Waals surface area contributed by atoms with E-state index in [4.69, 9.17) is 4.74 Å². The Kier molecular flexibility index (Phi) is 5.81. The number of rotatable bonds is 6. The molecule has 2 aromatic carbocycles. The summed E-state index contributed by atoms with van der Waals surface area (Å²) in [5.41, 5.74) is 2.76. The summed E-state index contributed by atoms with van der Waals surface area (Å²) in [6.45, 7) is 4.28. The molecule has 0 fully saturated rings. The van der Waals surface area contributed by atoms with Crippen LogP contribution in [-0.4, -0.2) is 23.2 Å². The summed E-state index contributed by atoms with van der Waals surface area (Å²) in [7, 11) is 1.40. The van der Waals surface area contributed by atoms with E-state index >= 15 is 0 Å². The summed E-state index contributed by atoms with van der Waals surface area (Å²) >= 11 is 1.30. The van der Waals surface area contributed by atoms with Crippen molar-refractivity contribution in [1.29, 1.82) is 0 Å². The lowest BCUT2D eigenvalue weighted by Gasteiger charge is -2.05.